The maximum Gasteiger partial charge on any atom is 0.0233 e. The van der Waals surface area contributed by atoms with Crippen molar-refractivity contribution in [2.24, 2.45) is 5.92 Å². The Morgan fingerprint density at radius 2 is 2.31 bits per heavy atom. The van der Waals surface area contributed by atoms with E-state index in [1.165, 1.54) is 30.6 Å². The number of nitrogens with one attached hydrogen (secondary N) is 1. The summed E-state index contributed by atoms with van der Waals surface area (Å²) in [7, 11) is 2.04. The van der Waals surface area contributed by atoms with E-state index in [2.05, 4.69) is 41.4 Å². The Labute approximate surface area is 98.7 Å². The molecule has 0 saturated carbocycles. The topological polar surface area (TPSA) is 15.3 Å². The van der Waals surface area contributed by atoms with E-state index < -0.39 is 0 Å². The Balaban J connectivity index is 1.87. The molecule has 1 aliphatic heterocycles. The SMILES string of the molecule is CNCC1CCN(Cc2cccc(C)c2)C1. The first kappa shape index (κ1) is 11.6. The van der Waals surface area contributed by atoms with Gasteiger partial charge in [-0.1, -0.05) is 29.8 Å². The van der Waals surface area contributed by atoms with Crippen LogP contribution in [0.3, 0.4) is 0 Å². The summed E-state index contributed by atoms with van der Waals surface area (Å²) in [5.74, 6) is 0.842. The molecule has 0 radical (unpaired) electrons. The second-order valence-electron chi connectivity index (χ2n) is 4.94. The first-order valence-corrected chi connectivity index (χ1v) is 6.20. The van der Waals surface area contributed by atoms with Gasteiger partial charge in [-0.3, -0.25) is 4.90 Å². The summed E-state index contributed by atoms with van der Waals surface area (Å²) < 4.78 is 0. The molecule has 16 heavy (non-hydrogen) atoms. The summed E-state index contributed by atoms with van der Waals surface area (Å²) in [6.07, 6.45) is 1.34. The van der Waals surface area contributed by atoms with Gasteiger partial charge in [0.15, 0.2) is 0 Å². The van der Waals surface area contributed by atoms with Crippen LogP contribution in [0.25, 0.3) is 0 Å². The highest BCUT2D eigenvalue weighted by atomic mass is 15.1. The van der Waals surface area contributed by atoms with Crippen LogP contribution < -0.4 is 5.32 Å². The molecule has 2 nitrogen and oxygen atoms in total. The van der Waals surface area contributed by atoms with Crippen molar-refractivity contribution in [1.29, 1.82) is 0 Å². The van der Waals surface area contributed by atoms with Crippen molar-refractivity contribution in [3.63, 3.8) is 0 Å². The molecule has 1 N–H and O–H groups in total. The molecule has 2 rings (SSSR count). The van der Waals surface area contributed by atoms with Crippen molar-refractivity contribution >= 4 is 0 Å². The second kappa shape index (κ2) is 5.46. The lowest BCUT2D eigenvalue weighted by Gasteiger charge is -2.16. The largest absolute Gasteiger partial charge is 0.319 e. The van der Waals surface area contributed by atoms with Gasteiger partial charge in [0.05, 0.1) is 0 Å². The van der Waals surface area contributed by atoms with E-state index in [-0.39, 0.29) is 0 Å². The maximum absolute atomic E-state index is 3.28. The molecule has 1 aromatic rings. The standard InChI is InChI=1S/C14H22N2/c1-12-4-3-5-13(8-12)10-16-7-6-14(11-16)9-15-2/h3-5,8,14-15H,6-7,9-11H2,1-2H3. The molecule has 1 unspecified atom stereocenters. The van der Waals surface area contributed by atoms with Gasteiger partial charge in [-0.25, -0.2) is 0 Å². The summed E-state index contributed by atoms with van der Waals surface area (Å²) in [5, 5.41) is 3.28. The first-order valence-electron chi connectivity index (χ1n) is 6.20. The van der Waals surface area contributed by atoms with Gasteiger partial charge in [0.25, 0.3) is 0 Å². The zero-order chi connectivity index (χ0) is 11.4. The smallest absolute Gasteiger partial charge is 0.0233 e. The number of benzene rings is 1. The summed E-state index contributed by atoms with van der Waals surface area (Å²) in [6, 6.07) is 8.85. The predicted molar refractivity (Wildman–Crippen MR) is 68.5 cm³/mol. The van der Waals surface area contributed by atoms with Gasteiger partial charge in [-0.15, -0.1) is 0 Å². The van der Waals surface area contributed by atoms with Crippen molar-refractivity contribution in [3.8, 4) is 0 Å². The van der Waals surface area contributed by atoms with E-state index in [1.807, 2.05) is 7.05 Å². The number of hydrogen-bond donors (Lipinski definition) is 1. The summed E-state index contributed by atoms with van der Waals surface area (Å²) >= 11 is 0. The highest BCUT2D eigenvalue weighted by molar-refractivity contribution is 5.22. The molecule has 0 bridgehead atoms. The number of aryl methyl sites for hydroxylation is 1. The fourth-order valence-corrected chi connectivity index (χ4v) is 2.58. The minimum Gasteiger partial charge on any atom is -0.319 e. The fourth-order valence-electron chi connectivity index (χ4n) is 2.58. The van der Waals surface area contributed by atoms with Crippen LogP contribution in [-0.4, -0.2) is 31.6 Å². The van der Waals surface area contributed by atoms with Crippen molar-refractivity contribution in [2.45, 2.75) is 19.9 Å². The molecule has 1 saturated heterocycles. The predicted octanol–water partition coefficient (Wildman–Crippen LogP) is 2.04. The fraction of sp³-hybridized carbons (Fsp3) is 0.571. The number of hydrogen-bond acceptors (Lipinski definition) is 2. The summed E-state index contributed by atoms with van der Waals surface area (Å²) in [6.45, 7) is 6.93. The van der Waals surface area contributed by atoms with E-state index in [9.17, 15) is 0 Å². The van der Waals surface area contributed by atoms with Crippen LogP contribution in [0.5, 0.6) is 0 Å². The summed E-state index contributed by atoms with van der Waals surface area (Å²) in [4.78, 5) is 2.57. The van der Waals surface area contributed by atoms with Gasteiger partial charge in [-0.2, -0.15) is 0 Å². The van der Waals surface area contributed by atoms with Crippen LogP contribution in [0.2, 0.25) is 0 Å². The van der Waals surface area contributed by atoms with Gasteiger partial charge in [0.1, 0.15) is 0 Å². The number of likely N-dealkylation sites (tertiary alicyclic amines) is 1. The lowest BCUT2D eigenvalue weighted by molar-refractivity contribution is 0.315. The van der Waals surface area contributed by atoms with Crippen molar-refractivity contribution in [1.82, 2.24) is 10.2 Å². The molecule has 1 aliphatic rings. The average molecular weight is 218 g/mol. The van der Waals surface area contributed by atoms with Crippen LogP contribution >= 0.6 is 0 Å². The van der Waals surface area contributed by atoms with Gasteiger partial charge in [0.2, 0.25) is 0 Å². The minimum absolute atomic E-state index is 0.842. The Morgan fingerprint density at radius 3 is 3.06 bits per heavy atom. The summed E-state index contributed by atoms with van der Waals surface area (Å²) in [5.41, 5.74) is 2.81. The van der Waals surface area contributed by atoms with Crippen molar-refractivity contribution in [3.05, 3.63) is 35.4 Å². The molecule has 88 valence electrons. The average Bonchev–Trinajstić information content (AvgIpc) is 2.66. The normalized spacial score (nSPS) is 21.5. The van der Waals surface area contributed by atoms with Crippen LogP contribution in [0.15, 0.2) is 24.3 Å². The highest BCUT2D eigenvalue weighted by Gasteiger charge is 2.21. The van der Waals surface area contributed by atoms with E-state index in [0.717, 1.165) is 19.0 Å². The molecule has 0 amide bonds. The van der Waals surface area contributed by atoms with Gasteiger partial charge >= 0.3 is 0 Å². The molecule has 0 aromatic heterocycles. The molecule has 1 atom stereocenters. The third-order valence-electron chi connectivity index (χ3n) is 3.35. The minimum atomic E-state index is 0.842. The van der Waals surface area contributed by atoms with Gasteiger partial charge in [-0.05, 0) is 45.0 Å². The molecular formula is C14H22N2. The molecule has 0 aliphatic carbocycles. The third kappa shape index (κ3) is 3.06. The van der Waals surface area contributed by atoms with Gasteiger partial charge in [0, 0.05) is 13.1 Å². The lowest BCUT2D eigenvalue weighted by atomic mass is 10.1. The molecule has 1 aromatic carbocycles. The lowest BCUT2D eigenvalue weighted by Crippen LogP contribution is -2.24. The van der Waals surface area contributed by atoms with Crippen LogP contribution in [0.4, 0.5) is 0 Å². The first-order chi connectivity index (χ1) is 7.78. The maximum atomic E-state index is 3.28. The monoisotopic (exact) mass is 218 g/mol. The van der Waals surface area contributed by atoms with Crippen LogP contribution in [0.1, 0.15) is 17.5 Å². The number of nitrogens with zero attached hydrogens (tertiary/aromatic N) is 1. The zero-order valence-electron chi connectivity index (χ0n) is 10.4. The van der Waals surface area contributed by atoms with Crippen LogP contribution in [0, 0.1) is 12.8 Å². The van der Waals surface area contributed by atoms with Crippen molar-refractivity contribution in [2.75, 3.05) is 26.7 Å². The molecule has 2 heteroatoms. The van der Waals surface area contributed by atoms with E-state index in [4.69, 9.17) is 0 Å². The van der Waals surface area contributed by atoms with Crippen molar-refractivity contribution < 1.29 is 0 Å². The Hall–Kier alpha value is -0.860. The van der Waals surface area contributed by atoms with E-state index in [0.29, 0.717) is 0 Å². The molecule has 1 fully saturated rings. The molecular weight excluding hydrogens is 196 g/mol. The second-order valence-corrected chi connectivity index (χ2v) is 4.94. The Kier molecular flexibility index (Phi) is 3.97. The molecule has 1 heterocycles. The third-order valence-corrected chi connectivity index (χ3v) is 3.35. The van der Waals surface area contributed by atoms with E-state index in [1.54, 1.807) is 0 Å². The molecule has 0 spiro atoms. The van der Waals surface area contributed by atoms with E-state index >= 15 is 0 Å². The quantitative estimate of drug-likeness (QED) is 0.832. The van der Waals surface area contributed by atoms with Gasteiger partial charge < -0.3 is 5.32 Å². The highest BCUT2D eigenvalue weighted by Crippen LogP contribution is 2.18. The Bertz CT molecular complexity index is 335. The van der Waals surface area contributed by atoms with Crippen LogP contribution in [-0.2, 0) is 6.54 Å². The number of rotatable bonds is 4. The zero-order valence-corrected chi connectivity index (χ0v) is 10.4. The Morgan fingerprint density at radius 1 is 1.44 bits per heavy atom.